The summed E-state index contributed by atoms with van der Waals surface area (Å²) < 4.78 is 25.6. The number of hydrogen-bond donors (Lipinski definition) is 0. The van der Waals surface area contributed by atoms with Gasteiger partial charge in [-0.05, 0) is 32.5 Å². The second-order valence-electron chi connectivity index (χ2n) is 8.15. The van der Waals surface area contributed by atoms with Gasteiger partial charge < -0.3 is 9.47 Å². The minimum absolute atomic E-state index is 0.0509. The molecule has 10 heteroatoms. The Kier molecular flexibility index (Phi) is 7.77. The van der Waals surface area contributed by atoms with E-state index in [-0.39, 0.29) is 35.2 Å². The molecule has 1 amide bonds. The van der Waals surface area contributed by atoms with Crippen LogP contribution in [0.15, 0.2) is 35.5 Å². The summed E-state index contributed by atoms with van der Waals surface area (Å²) >= 11 is 1.35. The van der Waals surface area contributed by atoms with Gasteiger partial charge in [-0.15, -0.1) is 10.2 Å². The Labute approximate surface area is 188 Å². The maximum absolute atomic E-state index is 12.7. The van der Waals surface area contributed by atoms with Crippen LogP contribution >= 0.6 is 11.8 Å². The first-order chi connectivity index (χ1) is 14.7. The van der Waals surface area contributed by atoms with Gasteiger partial charge in [-0.25, -0.2) is 8.42 Å². The minimum Gasteiger partial charge on any atom is -0.341 e. The zero-order valence-electron chi connectivity index (χ0n) is 18.6. The van der Waals surface area contributed by atoms with Crippen LogP contribution in [0.5, 0.6) is 0 Å². The van der Waals surface area contributed by atoms with Crippen molar-refractivity contribution in [2.24, 2.45) is 0 Å². The molecule has 31 heavy (non-hydrogen) atoms. The third-order valence-corrected chi connectivity index (χ3v) is 8.41. The van der Waals surface area contributed by atoms with Crippen molar-refractivity contribution in [1.82, 2.24) is 24.6 Å². The van der Waals surface area contributed by atoms with Gasteiger partial charge in [0.15, 0.2) is 20.8 Å². The molecule has 2 heterocycles. The fourth-order valence-electron chi connectivity index (χ4n) is 3.86. The number of aromatic nitrogens is 3. The average Bonchev–Trinajstić information content (AvgIpc) is 3.29. The maximum atomic E-state index is 12.7. The van der Waals surface area contributed by atoms with E-state index in [4.69, 9.17) is 0 Å². The van der Waals surface area contributed by atoms with E-state index >= 15 is 0 Å². The highest BCUT2D eigenvalue weighted by Gasteiger charge is 2.33. The molecule has 8 nitrogen and oxygen atoms in total. The van der Waals surface area contributed by atoms with Gasteiger partial charge in [0.25, 0.3) is 0 Å². The van der Waals surface area contributed by atoms with Crippen LogP contribution in [0.4, 0.5) is 0 Å². The van der Waals surface area contributed by atoms with Crippen molar-refractivity contribution in [3.05, 3.63) is 41.7 Å². The van der Waals surface area contributed by atoms with Gasteiger partial charge in [-0.2, -0.15) is 0 Å². The summed E-state index contributed by atoms with van der Waals surface area (Å²) in [6.07, 6.45) is 1.40. The fourth-order valence-corrected chi connectivity index (χ4v) is 6.50. The molecule has 0 radical (unpaired) electrons. The van der Waals surface area contributed by atoms with Crippen LogP contribution in [0.1, 0.15) is 37.2 Å². The van der Waals surface area contributed by atoms with Crippen molar-refractivity contribution in [3.63, 3.8) is 0 Å². The van der Waals surface area contributed by atoms with Crippen molar-refractivity contribution < 1.29 is 13.2 Å². The fraction of sp³-hybridized carbons (Fsp3) is 0.571. The van der Waals surface area contributed by atoms with Crippen molar-refractivity contribution >= 4 is 27.5 Å². The number of carbonyl (C=O) groups excluding carboxylic acids is 1. The topological polar surface area (TPSA) is 88.4 Å². The van der Waals surface area contributed by atoms with E-state index in [0.29, 0.717) is 18.1 Å². The molecule has 0 unspecified atom stereocenters. The summed E-state index contributed by atoms with van der Waals surface area (Å²) in [5.41, 5.74) is 1.14. The van der Waals surface area contributed by atoms with Gasteiger partial charge in [0, 0.05) is 13.1 Å². The predicted molar refractivity (Wildman–Crippen MR) is 123 cm³/mol. The number of benzene rings is 1. The first-order valence-electron chi connectivity index (χ1n) is 10.4. The molecule has 3 rings (SSSR count). The standard InChI is InChI=1S/C21H31N5O3S2/c1-5-18(24(2)3)20-22-23-21(26(20)13-16-9-7-6-8-10-16)30-14-19(27)25(4)17-11-12-31(28,29)15-17/h6-10,17-18H,5,11-15H2,1-4H3/t17-,18+/m1/s1. The van der Waals surface area contributed by atoms with Crippen LogP contribution in [-0.2, 0) is 21.2 Å². The van der Waals surface area contributed by atoms with E-state index in [1.165, 1.54) is 11.8 Å². The second kappa shape index (κ2) is 10.1. The smallest absolute Gasteiger partial charge is 0.233 e. The number of hydrogen-bond acceptors (Lipinski definition) is 7. The van der Waals surface area contributed by atoms with Crippen LogP contribution < -0.4 is 0 Å². The van der Waals surface area contributed by atoms with Gasteiger partial charge in [0.1, 0.15) is 0 Å². The maximum Gasteiger partial charge on any atom is 0.233 e. The van der Waals surface area contributed by atoms with E-state index in [9.17, 15) is 13.2 Å². The lowest BCUT2D eigenvalue weighted by molar-refractivity contribution is -0.128. The molecule has 2 aromatic rings. The molecular weight excluding hydrogens is 434 g/mol. The number of nitrogens with zero attached hydrogens (tertiary/aromatic N) is 5. The molecule has 1 aliphatic heterocycles. The molecule has 1 aromatic heterocycles. The molecule has 0 N–H and O–H groups in total. The highest BCUT2D eigenvalue weighted by atomic mass is 32.2. The Balaban J connectivity index is 1.77. The van der Waals surface area contributed by atoms with E-state index in [2.05, 4.69) is 38.7 Å². The largest absolute Gasteiger partial charge is 0.341 e. The molecule has 0 saturated carbocycles. The predicted octanol–water partition coefficient (Wildman–Crippen LogP) is 2.08. The monoisotopic (exact) mass is 465 g/mol. The minimum atomic E-state index is -3.03. The lowest BCUT2D eigenvalue weighted by Gasteiger charge is -2.24. The van der Waals surface area contributed by atoms with Crippen molar-refractivity contribution in [1.29, 1.82) is 0 Å². The summed E-state index contributed by atoms with van der Waals surface area (Å²) in [6, 6.07) is 10.00. The Hall–Kier alpha value is -1.91. The third-order valence-electron chi connectivity index (χ3n) is 5.71. The van der Waals surface area contributed by atoms with Crippen molar-refractivity contribution in [2.75, 3.05) is 38.4 Å². The summed E-state index contributed by atoms with van der Waals surface area (Å²) in [6.45, 7) is 2.74. The van der Waals surface area contributed by atoms with E-state index in [0.717, 1.165) is 17.8 Å². The highest BCUT2D eigenvalue weighted by molar-refractivity contribution is 7.99. The van der Waals surface area contributed by atoms with Crippen LogP contribution in [0.3, 0.4) is 0 Å². The number of thioether (sulfide) groups is 1. The molecular formula is C21H31N5O3S2. The normalized spacial score (nSPS) is 18.9. The van der Waals surface area contributed by atoms with Gasteiger partial charge in [-0.1, -0.05) is 49.0 Å². The lowest BCUT2D eigenvalue weighted by atomic mass is 10.2. The molecule has 1 saturated heterocycles. The quantitative estimate of drug-likeness (QED) is 0.524. The summed E-state index contributed by atoms with van der Waals surface area (Å²) in [5, 5.41) is 9.56. The molecule has 0 bridgehead atoms. The lowest BCUT2D eigenvalue weighted by Crippen LogP contribution is -2.38. The number of carbonyl (C=O) groups is 1. The molecule has 170 valence electrons. The number of rotatable bonds is 9. The Bertz CT molecular complexity index is 992. The van der Waals surface area contributed by atoms with Crippen LogP contribution in [0, 0.1) is 0 Å². The Morgan fingerprint density at radius 3 is 2.52 bits per heavy atom. The molecule has 1 fully saturated rings. The first-order valence-corrected chi connectivity index (χ1v) is 13.2. The zero-order chi connectivity index (χ0) is 22.6. The molecule has 2 atom stereocenters. The average molecular weight is 466 g/mol. The van der Waals surface area contributed by atoms with Crippen LogP contribution in [0.25, 0.3) is 0 Å². The summed E-state index contributed by atoms with van der Waals surface area (Å²) in [5.74, 6) is 1.18. The van der Waals surface area contributed by atoms with Crippen LogP contribution in [0.2, 0.25) is 0 Å². The number of sulfone groups is 1. The van der Waals surface area contributed by atoms with E-state index in [1.807, 2.05) is 32.3 Å². The van der Waals surface area contributed by atoms with Crippen molar-refractivity contribution in [3.8, 4) is 0 Å². The molecule has 1 aromatic carbocycles. The Morgan fingerprint density at radius 2 is 1.94 bits per heavy atom. The third kappa shape index (κ3) is 5.87. The van der Waals surface area contributed by atoms with Gasteiger partial charge in [-0.3, -0.25) is 9.69 Å². The second-order valence-corrected chi connectivity index (χ2v) is 11.3. The van der Waals surface area contributed by atoms with Gasteiger partial charge >= 0.3 is 0 Å². The summed E-state index contributed by atoms with van der Waals surface area (Å²) in [7, 11) is 2.71. The van der Waals surface area contributed by atoms with E-state index in [1.54, 1.807) is 11.9 Å². The highest BCUT2D eigenvalue weighted by Crippen LogP contribution is 2.27. The molecule has 1 aliphatic rings. The number of amides is 1. The van der Waals surface area contributed by atoms with Crippen molar-refractivity contribution in [2.45, 2.75) is 43.6 Å². The summed E-state index contributed by atoms with van der Waals surface area (Å²) in [4.78, 5) is 16.4. The zero-order valence-corrected chi connectivity index (χ0v) is 20.2. The molecule has 0 aliphatic carbocycles. The first kappa shape index (κ1) is 23.7. The van der Waals surface area contributed by atoms with Gasteiger partial charge in [0.05, 0.1) is 29.8 Å². The van der Waals surface area contributed by atoms with E-state index < -0.39 is 9.84 Å². The van der Waals surface area contributed by atoms with Crippen LogP contribution in [-0.4, -0.2) is 83.3 Å². The van der Waals surface area contributed by atoms with Gasteiger partial charge in [0.2, 0.25) is 5.91 Å². The molecule has 0 spiro atoms. The SMILES string of the molecule is CC[C@@H](c1nnc(SCC(=O)N(C)[C@@H]2CCS(=O)(=O)C2)n1Cc1ccccc1)N(C)C. The Morgan fingerprint density at radius 1 is 1.23 bits per heavy atom.